The first-order valence-corrected chi connectivity index (χ1v) is 4.23. The molecule has 2 heteroatoms. The zero-order valence-corrected chi connectivity index (χ0v) is 6.74. The Balaban J connectivity index is 2.12. The molecule has 1 saturated heterocycles. The van der Waals surface area contributed by atoms with Crippen molar-refractivity contribution in [3.8, 4) is 0 Å². The van der Waals surface area contributed by atoms with Crippen molar-refractivity contribution in [2.75, 3.05) is 13.1 Å². The van der Waals surface area contributed by atoms with Crippen molar-refractivity contribution in [2.24, 2.45) is 0 Å². The summed E-state index contributed by atoms with van der Waals surface area (Å²) >= 11 is 4.31. The van der Waals surface area contributed by atoms with Crippen molar-refractivity contribution in [2.45, 2.75) is 32.1 Å². The predicted molar refractivity (Wildman–Crippen MR) is 43.6 cm³/mol. The SMILES string of the molecule is SN1CCCCCCC1. The molecule has 0 N–H and O–H groups in total. The summed E-state index contributed by atoms with van der Waals surface area (Å²) < 4.78 is 2.14. The van der Waals surface area contributed by atoms with E-state index < -0.39 is 0 Å². The second-order valence-electron chi connectivity index (χ2n) is 2.72. The summed E-state index contributed by atoms with van der Waals surface area (Å²) in [4.78, 5) is 0. The third-order valence-corrected chi connectivity index (χ3v) is 2.23. The molecule has 0 aromatic rings. The zero-order chi connectivity index (χ0) is 6.53. The number of nitrogens with zero attached hydrogens (tertiary/aromatic N) is 1. The molecule has 0 spiro atoms. The van der Waals surface area contributed by atoms with Crippen LogP contribution in [-0.2, 0) is 0 Å². The van der Waals surface area contributed by atoms with E-state index in [1.54, 1.807) is 0 Å². The van der Waals surface area contributed by atoms with Crippen molar-refractivity contribution in [3.63, 3.8) is 0 Å². The molecule has 1 fully saturated rings. The smallest absolute Gasteiger partial charge is 0.00869 e. The maximum Gasteiger partial charge on any atom is 0.00869 e. The molecular formula is C7H15NS. The molecule has 1 nitrogen and oxygen atoms in total. The van der Waals surface area contributed by atoms with Crippen LogP contribution in [0.1, 0.15) is 32.1 Å². The lowest BCUT2D eigenvalue weighted by atomic mass is 10.1. The van der Waals surface area contributed by atoms with Crippen LogP contribution in [-0.4, -0.2) is 17.4 Å². The van der Waals surface area contributed by atoms with Crippen LogP contribution in [0.2, 0.25) is 0 Å². The van der Waals surface area contributed by atoms with E-state index in [-0.39, 0.29) is 0 Å². The predicted octanol–water partition coefficient (Wildman–Crippen LogP) is 2.10. The highest BCUT2D eigenvalue weighted by molar-refractivity contribution is 7.77. The van der Waals surface area contributed by atoms with Gasteiger partial charge in [0.1, 0.15) is 0 Å². The molecule has 0 atom stereocenters. The largest absolute Gasteiger partial charge is 0.253 e. The molecule has 1 aliphatic heterocycles. The molecule has 54 valence electrons. The van der Waals surface area contributed by atoms with Gasteiger partial charge in [0.2, 0.25) is 0 Å². The van der Waals surface area contributed by atoms with Crippen LogP contribution in [0.25, 0.3) is 0 Å². The molecule has 1 rings (SSSR count). The van der Waals surface area contributed by atoms with Crippen molar-refractivity contribution in [1.29, 1.82) is 0 Å². The number of hydrogen-bond acceptors (Lipinski definition) is 2. The first-order valence-electron chi connectivity index (χ1n) is 3.83. The third kappa shape index (κ3) is 3.11. The quantitative estimate of drug-likeness (QED) is 0.511. The summed E-state index contributed by atoms with van der Waals surface area (Å²) in [6.07, 6.45) is 6.91. The lowest BCUT2D eigenvalue weighted by Crippen LogP contribution is -2.16. The summed E-state index contributed by atoms with van der Waals surface area (Å²) in [7, 11) is 0. The Bertz CT molecular complexity index is 67.3. The van der Waals surface area contributed by atoms with E-state index in [1.807, 2.05) is 0 Å². The van der Waals surface area contributed by atoms with Crippen molar-refractivity contribution in [3.05, 3.63) is 0 Å². The Morgan fingerprint density at radius 2 is 1.22 bits per heavy atom. The fourth-order valence-corrected chi connectivity index (χ4v) is 1.51. The minimum absolute atomic E-state index is 1.18. The van der Waals surface area contributed by atoms with Gasteiger partial charge in [-0.3, -0.25) is 4.31 Å². The second-order valence-corrected chi connectivity index (χ2v) is 3.29. The molecule has 0 bridgehead atoms. The Morgan fingerprint density at radius 1 is 0.778 bits per heavy atom. The van der Waals surface area contributed by atoms with Crippen molar-refractivity contribution >= 4 is 12.8 Å². The topological polar surface area (TPSA) is 3.24 Å². The van der Waals surface area contributed by atoms with Crippen LogP contribution in [0.4, 0.5) is 0 Å². The molecule has 0 unspecified atom stereocenters. The van der Waals surface area contributed by atoms with Crippen molar-refractivity contribution < 1.29 is 0 Å². The van der Waals surface area contributed by atoms with Gasteiger partial charge >= 0.3 is 0 Å². The Morgan fingerprint density at radius 3 is 1.78 bits per heavy atom. The molecular weight excluding hydrogens is 130 g/mol. The van der Waals surface area contributed by atoms with E-state index in [0.29, 0.717) is 0 Å². The van der Waals surface area contributed by atoms with Crippen LogP contribution >= 0.6 is 12.8 Å². The Labute approximate surface area is 63.0 Å². The molecule has 1 heterocycles. The van der Waals surface area contributed by atoms with Gasteiger partial charge in [0, 0.05) is 13.1 Å². The summed E-state index contributed by atoms with van der Waals surface area (Å²) in [6, 6.07) is 0. The third-order valence-electron chi connectivity index (χ3n) is 1.83. The van der Waals surface area contributed by atoms with Gasteiger partial charge in [-0.15, -0.1) is 0 Å². The van der Waals surface area contributed by atoms with E-state index in [9.17, 15) is 0 Å². The van der Waals surface area contributed by atoms with Gasteiger partial charge in [-0.25, -0.2) is 0 Å². The van der Waals surface area contributed by atoms with Gasteiger partial charge in [0.05, 0.1) is 0 Å². The highest BCUT2D eigenvalue weighted by Gasteiger charge is 2.02. The van der Waals surface area contributed by atoms with Crippen molar-refractivity contribution in [1.82, 2.24) is 4.31 Å². The van der Waals surface area contributed by atoms with Gasteiger partial charge in [-0.05, 0) is 12.8 Å². The summed E-state index contributed by atoms with van der Waals surface area (Å²) in [5.74, 6) is 0. The molecule has 0 saturated carbocycles. The average Bonchev–Trinajstić information content (AvgIpc) is 1.79. The number of thiol groups is 1. The fraction of sp³-hybridized carbons (Fsp3) is 1.00. The monoisotopic (exact) mass is 145 g/mol. The summed E-state index contributed by atoms with van der Waals surface area (Å²) in [6.45, 7) is 2.37. The van der Waals surface area contributed by atoms with E-state index in [2.05, 4.69) is 17.1 Å². The number of hydrogen-bond donors (Lipinski definition) is 1. The molecule has 0 amide bonds. The van der Waals surface area contributed by atoms with E-state index in [4.69, 9.17) is 0 Å². The maximum absolute atomic E-state index is 4.31. The lowest BCUT2D eigenvalue weighted by Gasteiger charge is -2.17. The maximum atomic E-state index is 4.31. The van der Waals surface area contributed by atoms with Gasteiger partial charge in [-0.1, -0.05) is 32.1 Å². The standard InChI is InChI=1S/C7H15NS/c9-8-6-4-2-1-3-5-7-8/h9H,1-7H2. The van der Waals surface area contributed by atoms with Crippen LogP contribution < -0.4 is 0 Å². The van der Waals surface area contributed by atoms with E-state index >= 15 is 0 Å². The van der Waals surface area contributed by atoms with Gasteiger partial charge < -0.3 is 0 Å². The minimum Gasteiger partial charge on any atom is -0.253 e. The fourth-order valence-electron chi connectivity index (χ4n) is 1.23. The molecule has 0 aromatic carbocycles. The average molecular weight is 145 g/mol. The molecule has 9 heavy (non-hydrogen) atoms. The first-order chi connectivity index (χ1) is 4.39. The van der Waals surface area contributed by atoms with Gasteiger partial charge in [-0.2, -0.15) is 0 Å². The van der Waals surface area contributed by atoms with Crippen LogP contribution in [0, 0.1) is 0 Å². The van der Waals surface area contributed by atoms with E-state index in [0.717, 1.165) is 0 Å². The molecule has 0 aromatic heterocycles. The minimum atomic E-state index is 1.18. The second kappa shape index (κ2) is 4.18. The van der Waals surface area contributed by atoms with Crippen LogP contribution in [0.15, 0.2) is 0 Å². The Kier molecular flexibility index (Phi) is 3.44. The molecule has 0 aliphatic carbocycles. The number of rotatable bonds is 0. The zero-order valence-electron chi connectivity index (χ0n) is 5.84. The van der Waals surface area contributed by atoms with Crippen LogP contribution in [0.5, 0.6) is 0 Å². The van der Waals surface area contributed by atoms with Gasteiger partial charge in [0.15, 0.2) is 0 Å². The highest BCUT2D eigenvalue weighted by atomic mass is 32.1. The highest BCUT2D eigenvalue weighted by Crippen LogP contribution is 2.10. The normalized spacial score (nSPS) is 25.0. The summed E-state index contributed by atoms with van der Waals surface area (Å²) in [5.41, 5.74) is 0. The summed E-state index contributed by atoms with van der Waals surface area (Å²) in [5, 5.41) is 0. The molecule has 0 radical (unpaired) electrons. The van der Waals surface area contributed by atoms with E-state index in [1.165, 1.54) is 45.2 Å². The first kappa shape index (κ1) is 7.42. The lowest BCUT2D eigenvalue weighted by molar-refractivity contribution is 0.402. The molecule has 1 aliphatic rings. The Hall–Kier alpha value is 0.310. The van der Waals surface area contributed by atoms with Crippen LogP contribution in [0.3, 0.4) is 0 Å². The van der Waals surface area contributed by atoms with Gasteiger partial charge in [0.25, 0.3) is 0 Å².